The number of nitro groups is 1. The molecule has 2 aromatic rings. The minimum atomic E-state index is -0.580. The van der Waals surface area contributed by atoms with Crippen LogP contribution in [-0.4, -0.2) is 56.1 Å². The molecule has 0 saturated carbocycles. The van der Waals surface area contributed by atoms with Crippen molar-refractivity contribution in [1.82, 2.24) is 4.90 Å². The molecule has 1 N–H and O–H groups in total. The van der Waals surface area contributed by atoms with Crippen LogP contribution in [0.1, 0.15) is 0 Å². The molecule has 0 atom stereocenters. The van der Waals surface area contributed by atoms with Crippen LogP contribution in [0.3, 0.4) is 0 Å². The Morgan fingerprint density at radius 3 is 2.52 bits per heavy atom. The summed E-state index contributed by atoms with van der Waals surface area (Å²) in [4.78, 5) is 35.9. The van der Waals surface area contributed by atoms with E-state index in [0.717, 1.165) is 0 Å². The van der Waals surface area contributed by atoms with Gasteiger partial charge in [0.15, 0.2) is 18.1 Å². The van der Waals surface area contributed by atoms with Gasteiger partial charge in [0, 0.05) is 24.9 Å². The zero-order chi connectivity index (χ0) is 21.4. The van der Waals surface area contributed by atoms with Gasteiger partial charge in [-0.1, -0.05) is 6.07 Å². The van der Waals surface area contributed by atoms with Gasteiger partial charge in [0.2, 0.25) is 5.91 Å². The van der Waals surface area contributed by atoms with Gasteiger partial charge in [-0.15, -0.1) is 0 Å². The fourth-order valence-electron chi connectivity index (χ4n) is 2.35. The molecule has 2 rings (SSSR count). The van der Waals surface area contributed by atoms with Crippen molar-refractivity contribution in [1.29, 1.82) is 0 Å². The van der Waals surface area contributed by atoms with Crippen LogP contribution in [0, 0.1) is 10.1 Å². The average Bonchev–Trinajstić information content (AvgIpc) is 2.71. The Labute approximate surface area is 167 Å². The van der Waals surface area contributed by atoms with Crippen LogP contribution in [0.2, 0.25) is 0 Å². The third-order valence-electron chi connectivity index (χ3n) is 3.87. The van der Waals surface area contributed by atoms with E-state index in [1.54, 1.807) is 24.3 Å². The fourth-order valence-corrected chi connectivity index (χ4v) is 2.35. The van der Waals surface area contributed by atoms with Crippen LogP contribution in [-0.2, 0) is 9.59 Å². The molecule has 0 bridgehead atoms. The van der Waals surface area contributed by atoms with E-state index in [2.05, 4.69) is 5.32 Å². The molecule has 0 saturated heterocycles. The van der Waals surface area contributed by atoms with Gasteiger partial charge in [-0.3, -0.25) is 19.7 Å². The average molecular weight is 403 g/mol. The third-order valence-corrected chi connectivity index (χ3v) is 3.87. The first-order valence-corrected chi connectivity index (χ1v) is 8.47. The number of non-ortho nitro benzene ring substituents is 1. The van der Waals surface area contributed by atoms with E-state index in [9.17, 15) is 19.7 Å². The summed E-state index contributed by atoms with van der Waals surface area (Å²) in [7, 11) is 4.34. The van der Waals surface area contributed by atoms with Crippen LogP contribution in [0.4, 0.5) is 11.4 Å². The van der Waals surface area contributed by atoms with Crippen LogP contribution in [0.15, 0.2) is 42.5 Å². The molecule has 10 heteroatoms. The number of amides is 2. The monoisotopic (exact) mass is 403 g/mol. The van der Waals surface area contributed by atoms with Gasteiger partial charge in [-0.05, 0) is 18.2 Å². The number of methoxy groups -OCH3 is 2. The molecule has 0 spiro atoms. The van der Waals surface area contributed by atoms with Gasteiger partial charge in [0.05, 0.1) is 31.8 Å². The predicted molar refractivity (Wildman–Crippen MR) is 104 cm³/mol. The minimum Gasteiger partial charge on any atom is -0.497 e. The Hall–Kier alpha value is -3.82. The number of nitro benzene ring substituents is 1. The van der Waals surface area contributed by atoms with Gasteiger partial charge in [-0.25, -0.2) is 0 Å². The highest BCUT2D eigenvalue weighted by molar-refractivity contribution is 5.94. The van der Waals surface area contributed by atoms with E-state index in [1.165, 1.54) is 44.4 Å². The van der Waals surface area contributed by atoms with Crippen molar-refractivity contribution in [3.8, 4) is 17.2 Å². The Morgan fingerprint density at radius 2 is 1.86 bits per heavy atom. The van der Waals surface area contributed by atoms with E-state index in [-0.39, 0.29) is 23.7 Å². The van der Waals surface area contributed by atoms with Crippen molar-refractivity contribution < 1.29 is 28.7 Å². The van der Waals surface area contributed by atoms with Gasteiger partial charge in [0.1, 0.15) is 5.75 Å². The van der Waals surface area contributed by atoms with Gasteiger partial charge in [0.25, 0.3) is 11.6 Å². The number of carbonyl (C=O) groups is 2. The number of rotatable bonds is 9. The fraction of sp³-hybridized carbons (Fsp3) is 0.263. The van der Waals surface area contributed by atoms with E-state index in [4.69, 9.17) is 14.2 Å². The zero-order valence-corrected chi connectivity index (χ0v) is 16.2. The van der Waals surface area contributed by atoms with E-state index in [1.807, 2.05) is 0 Å². The maximum absolute atomic E-state index is 12.2. The molecular formula is C19H21N3O7. The lowest BCUT2D eigenvalue weighted by Crippen LogP contribution is -2.37. The summed E-state index contributed by atoms with van der Waals surface area (Å²) in [5, 5.41) is 13.6. The first-order valence-electron chi connectivity index (χ1n) is 8.47. The van der Waals surface area contributed by atoms with Crippen LogP contribution in [0.5, 0.6) is 17.2 Å². The van der Waals surface area contributed by atoms with Crippen LogP contribution < -0.4 is 19.5 Å². The summed E-state index contributed by atoms with van der Waals surface area (Å²) in [5.41, 5.74) is 0.340. The number of anilines is 1. The molecule has 0 aromatic heterocycles. The molecule has 0 aliphatic heterocycles. The van der Waals surface area contributed by atoms with E-state index < -0.39 is 23.3 Å². The minimum absolute atomic E-state index is 0.0595. The second kappa shape index (κ2) is 9.93. The molecule has 2 aromatic carbocycles. The van der Waals surface area contributed by atoms with Crippen molar-refractivity contribution >= 4 is 23.2 Å². The molecule has 2 amide bonds. The smallest absolute Gasteiger partial charge is 0.273 e. The lowest BCUT2D eigenvalue weighted by atomic mass is 10.3. The first-order chi connectivity index (χ1) is 13.8. The standard InChI is InChI=1S/C19H21N3O7/c1-21(11-18(23)20-13-5-4-6-15(9-13)27-2)19(24)12-29-17-10-14(22(25)26)7-8-16(17)28-3/h4-10H,11-12H2,1-3H3,(H,20,23). The van der Waals surface area contributed by atoms with Gasteiger partial charge < -0.3 is 24.4 Å². The van der Waals surface area contributed by atoms with E-state index >= 15 is 0 Å². The molecule has 0 fully saturated rings. The highest BCUT2D eigenvalue weighted by Crippen LogP contribution is 2.31. The van der Waals surface area contributed by atoms with Crippen molar-refractivity contribution in [2.75, 3.05) is 39.7 Å². The topological polar surface area (TPSA) is 120 Å². The SMILES string of the molecule is COc1cccc(NC(=O)CN(C)C(=O)COc2cc([N+](=O)[O-])ccc2OC)c1. The molecule has 0 heterocycles. The largest absolute Gasteiger partial charge is 0.497 e. The number of nitrogens with zero attached hydrogens (tertiary/aromatic N) is 2. The molecule has 0 aliphatic carbocycles. The molecule has 10 nitrogen and oxygen atoms in total. The lowest BCUT2D eigenvalue weighted by Gasteiger charge is -2.18. The summed E-state index contributed by atoms with van der Waals surface area (Å²) in [6.07, 6.45) is 0. The first kappa shape index (κ1) is 21.5. The van der Waals surface area contributed by atoms with E-state index in [0.29, 0.717) is 11.4 Å². The quantitative estimate of drug-likeness (QED) is 0.503. The van der Waals surface area contributed by atoms with Gasteiger partial charge >= 0.3 is 0 Å². The summed E-state index contributed by atoms with van der Waals surface area (Å²) in [5.74, 6) is 0.0130. The van der Waals surface area contributed by atoms with Crippen molar-refractivity contribution in [2.24, 2.45) is 0 Å². The maximum atomic E-state index is 12.2. The Kier molecular flexibility index (Phi) is 7.35. The van der Waals surface area contributed by atoms with Crippen molar-refractivity contribution in [2.45, 2.75) is 0 Å². The summed E-state index contributed by atoms with van der Waals surface area (Å²) in [6, 6.07) is 10.6. The summed E-state index contributed by atoms with van der Waals surface area (Å²) < 4.78 is 15.5. The van der Waals surface area contributed by atoms with Gasteiger partial charge in [-0.2, -0.15) is 0 Å². The lowest BCUT2D eigenvalue weighted by molar-refractivity contribution is -0.385. The third kappa shape index (κ3) is 6.09. The normalized spacial score (nSPS) is 10.0. The van der Waals surface area contributed by atoms with Crippen LogP contribution >= 0.6 is 0 Å². The number of carbonyl (C=O) groups excluding carboxylic acids is 2. The van der Waals surface area contributed by atoms with Crippen molar-refractivity contribution in [3.63, 3.8) is 0 Å². The highest BCUT2D eigenvalue weighted by atomic mass is 16.6. The predicted octanol–water partition coefficient (Wildman–Crippen LogP) is 2.09. The number of likely N-dealkylation sites (N-methyl/N-ethyl adjacent to an activating group) is 1. The molecule has 0 radical (unpaired) electrons. The number of ether oxygens (including phenoxy) is 3. The second-order valence-corrected chi connectivity index (χ2v) is 5.91. The zero-order valence-electron chi connectivity index (χ0n) is 16.2. The summed E-state index contributed by atoms with van der Waals surface area (Å²) >= 11 is 0. The Balaban J connectivity index is 1.92. The number of benzene rings is 2. The Bertz CT molecular complexity index is 901. The Morgan fingerprint density at radius 1 is 1.10 bits per heavy atom. The van der Waals surface area contributed by atoms with Crippen LogP contribution in [0.25, 0.3) is 0 Å². The number of hydrogen-bond donors (Lipinski definition) is 1. The summed E-state index contributed by atoms with van der Waals surface area (Å²) in [6.45, 7) is -0.619. The molecule has 0 unspecified atom stereocenters. The second-order valence-electron chi connectivity index (χ2n) is 5.91. The maximum Gasteiger partial charge on any atom is 0.273 e. The van der Waals surface area contributed by atoms with Crippen molar-refractivity contribution in [3.05, 3.63) is 52.6 Å². The number of hydrogen-bond acceptors (Lipinski definition) is 7. The highest BCUT2D eigenvalue weighted by Gasteiger charge is 2.17. The molecule has 154 valence electrons. The number of nitrogens with one attached hydrogen (secondary N) is 1. The molecule has 29 heavy (non-hydrogen) atoms. The molecular weight excluding hydrogens is 382 g/mol. The molecule has 0 aliphatic rings.